The average molecular weight is 421 g/mol. The van der Waals surface area contributed by atoms with Crippen molar-refractivity contribution >= 4 is 11.5 Å². The summed E-state index contributed by atoms with van der Waals surface area (Å²) in [6.45, 7) is 11.5. The molecule has 0 aromatic heterocycles. The largest absolute Gasteiger partial charge is 1.00 e. The van der Waals surface area contributed by atoms with Crippen LogP contribution in [0.15, 0.2) is 18.2 Å². The van der Waals surface area contributed by atoms with Crippen molar-refractivity contribution in [3.05, 3.63) is 29.1 Å². The van der Waals surface area contributed by atoms with Crippen molar-refractivity contribution < 1.29 is 75.1 Å². The Morgan fingerprint density at radius 2 is 1.75 bits per heavy atom. The van der Waals surface area contributed by atoms with Gasteiger partial charge in [-0.3, -0.25) is 4.79 Å². The first-order valence-corrected chi connectivity index (χ1v) is 9.00. The number of ether oxygens (including phenoxy) is 4. The van der Waals surface area contributed by atoms with E-state index in [0.29, 0.717) is 43.4 Å². The number of hydrogen-bond donors (Lipinski definition) is 1. The first kappa shape index (κ1) is 28.0. The first-order valence-electron chi connectivity index (χ1n) is 9.00. The van der Waals surface area contributed by atoms with Crippen molar-refractivity contribution in [2.75, 3.05) is 45.9 Å². The van der Waals surface area contributed by atoms with E-state index in [1.807, 2.05) is 27.7 Å². The minimum atomic E-state index is -0.418. The quantitative estimate of drug-likeness (QED) is 0.215. The van der Waals surface area contributed by atoms with Gasteiger partial charge in [-0.2, -0.15) is 0 Å². The number of anilines is 1. The topological polar surface area (TPSA) is 94.1 Å². The zero-order valence-electron chi connectivity index (χ0n) is 18.3. The Hall–Kier alpha value is -0.0336. The molecule has 0 aliphatic rings. The smallest absolute Gasteiger partial charge is 0.627 e. The molecule has 0 atom stereocenters. The van der Waals surface area contributed by atoms with Crippen LogP contribution < -0.4 is 61.9 Å². The maximum Gasteiger partial charge on any atom is 1.00 e. The van der Waals surface area contributed by atoms with Crippen LogP contribution in [0.4, 0.5) is 5.69 Å². The van der Waals surface area contributed by atoms with E-state index in [4.69, 9.17) is 24.7 Å². The molecule has 0 unspecified atom stereocenters. The van der Waals surface area contributed by atoms with Crippen molar-refractivity contribution in [1.29, 1.82) is 0 Å². The summed E-state index contributed by atoms with van der Waals surface area (Å²) in [6, 6.07) is 5.00. The van der Waals surface area contributed by atoms with Crippen molar-refractivity contribution in [1.82, 2.24) is 0 Å². The van der Waals surface area contributed by atoms with E-state index in [0.717, 1.165) is 0 Å². The molecule has 0 saturated heterocycles. The molecule has 0 spiro atoms. The van der Waals surface area contributed by atoms with Crippen LogP contribution >= 0.6 is 0 Å². The molecule has 154 valence electrons. The van der Waals surface area contributed by atoms with Gasteiger partial charge in [-0.25, -0.2) is 0 Å². The third kappa shape index (κ3) is 11.2. The van der Waals surface area contributed by atoms with Gasteiger partial charge in [0.15, 0.2) is 5.78 Å². The van der Waals surface area contributed by atoms with Gasteiger partial charge in [0.1, 0.15) is 5.75 Å². The van der Waals surface area contributed by atoms with Crippen molar-refractivity contribution in [3.8, 4) is 5.75 Å². The summed E-state index contributed by atoms with van der Waals surface area (Å²) in [5, 5.41) is 4.28. The summed E-state index contributed by atoms with van der Waals surface area (Å²) in [4.78, 5) is 11.4. The van der Waals surface area contributed by atoms with Crippen LogP contribution in [0.1, 0.15) is 45.0 Å². The number of carbonyl (C=O) groups excluding carboxylic acids is 1. The first-order chi connectivity index (χ1) is 12.6. The Morgan fingerprint density at radius 1 is 1.11 bits per heavy atom. The molecule has 1 aromatic rings. The zero-order chi connectivity index (χ0) is 20.5. The van der Waals surface area contributed by atoms with Gasteiger partial charge in [0, 0.05) is 37.8 Å². The number of Topliss-reactive ketones (excluding diaryl/α,β-unsaturated/α-hetero) is 1. The molecule has 1 rings (SSSR count). The van der Waals surface area contributed by atoms with Crippen molar-refractivity contribution in [2.24, 2.45) is 0 Å². The van der Waals surface area contributed by atoms with Crippen LogP contribution in [0.3, 0.4) is 0 Å². The summed E-state index contributed by atoms with van der Waals surface area (Å²) in [7, 11) is 1.66. The Labute approximate surface area is 211 Å². The molecule has 2 N–H and O–H groups in total. The average Bonchev–Trinajstić information content (AvgIpc) is 2.56. The van der Waals surface area contributed by atoms with E-state index >= 15 is 0 Å². The van der Waals surface area contributed by atoms with Gasteiger partial charge in [0.05, 0.1) is 24.4 Å². The number of rotatable bonds is 13. The SMILES string of the molecule is COCC(C)(C)OCC(C)(C)OCC[N-]COc1ccc(C(C)=O)c(N)c1.[K+]. The normalized spacial score (nSPS) is 11.8. The molecule has 1 aromatic carbocycles. The Kier molecular flexibility index (Phi) is 13.3. The molecular formula is C20H33KN2O5. The molecule has 0 bridgehead atoms. The fraction of sp³-hybridized carbons (Fsp3) is 0.650. The molecular weight excluding hydrogens is 387 g/mol. The number of nitrogens with zero attached hydrogens (tertiary/aromatic N) is 1. The van der Waals surface area contributed by atoms with Crippen LogP contribution in [-0.2, 0) is 14.2 Å². The predicted octanol–water partition coefficient (Wildman–Crippen LogP) is 0.422. The van der Waals surface area contributed by atoms with Crippen LogP contribution in [0, 0.1) is 0 Å². The summed E-state index contributed by atoms with van der Waals surface area (Å²) >= 11 is 0. The van der Waals surface area contributed by atoms with E-state index in [9.17, 15) is 4.79 Å². The van der Waals surface area contributed by atoms with Crippen LogP contribution in [0.25, 0.3) is 5.32 Å². The molecule has 0 radical (unpaired) electrons. The Morgan fingerprint density at radius 3 is 2.32 bits per heavy atom. The van der Waals surface area contributed by atoms with Gasteiger partial charge in [-0.15, -0.1) is 6.54 Å². The molecule has 0 saturated carbocycles. The van der Waals surface area contributed by atoms with E-state index in [1.165, 1.54) is 6.92 Å². The summed E-state index contributed by atoms with van der Waals surface area (Å²) < 4.78 is 22.4. The molecule has 0 heterocycles. The fourth-order valence-electron chi connectivity index (χ4n) is 2.32. The molecule has 0 aliphatic carbocycles. The monoisotopic (exact) mass is 420 g/mol. The molecule has 8 heteroatoms. The standard InChI is InChI=1S/C20H33N2O5.K/c1-15(23)17-8-7-16(11-18(17)21)25-14-22-9-10-26-20(4,5)13-27-19(2,3)12-24-6;/h7-8,11H,9-10,12-14,21H2,1-6H3;/q-1;+1. The second-order valence-corrected chi connectivity index (χ2v) is 7.62. The number of nitrogen functional groups attached to an aromatic ring is 1. The minimum Gasteiger partial charge on any atom is -0.627 e. The van der Waals surface area contributed by atoms with Crippen molar-refractivity contribution in [2.45, 2.75) is 45.8 Å². The minimum absolute atomic E-state index is 0. The van der Waals surface area contributed by atoms with Crippen LogP contribution in [0.5, 0.6) is 5.75 Å². The molecule has 7 nitrogen and oxygen atoms in total. The van der Waals surface area contributed by atoms with Crippen LogP contribution in [-0.4, -0.2) is 57.2 Å². The molecule has 0 amide bonds. The van der Waals surface area contributed by atoms with E-state index in [-0.39, 0.29) is 69.5 Å². The molecule has 0 fully saturated rings. The zero-order valence-corrected chi connectivity index (χ0v) is 21.5. The van der Waals surface area contributed by atoms with Gasteiger partial charge in [-0.05, 0) is 46.8 Å². The second kappa shape index (κ2) is 13.3. The fourth-order valence-corrected chi connectivity index (χ4v) is 2.32. The van der Waals surface area contributed by atoms with E-state index in [1.54, 1.807) is 25.3 Å². The Balaban J connectivity index is 0.00000729. The van der Waals surface area contributed by atoms with Gasteiger partial charge < -0.3 is 30.0 Å². The third-order valence-electron chi connectivity index (χ3n) is 3.77. The number of hydrogen-bond acceptors (Lipinski definition) is 6. The summed E-state index contributed by atoms with van der Waals surface area (Å²) in [6.07, 6.45) is 0. The maximum atomic E-state index is 11.4. The van der Waals surface area contributed by atoms with Gasteiger partial charge >= 0.3 is 51.4 Å². The Bertz CT molecular complexity index is 608. The predicted molar refractivity (Wildman–Crippen MR) is 107 cm³/mol. The van der Waals surface area contributed by atoms with Gasteiger partial charge in [0.25, 0.3) is 0 Å². The number of ketones is 1. The maximum absolute atomic E-state index is 11.4. The van der Waals surface area contributed by atoms with Gasteiger partial charge in [0.2, 0.25) is 0 Å². The number of nitrogens with two attached hydrogens (primary N) is 1. The van der Waals surface area contributed by atoms with Gasteiger partial charge in [-0.1, -0.05) is 0 Å². The van der Waals surface area contributed by atoms with E-state index in [2.05, 4.69) is 5.32 Å². The molecule has 28 heavy (non-hydrogen) atoms. The molecule has 0 aliphatic heterocycles. The second-order valence-electron chi connectivity index (χ2n) is 7.62. The number of carbonyl (C=O) groups is 1. The van der Waals surface area contributed by atoms with Crippen molar-refractivity contribution in [3.63, 3.8) is 0 Å². The number of benzene rings is 1. The number of methoxy groups -OCH3 is 1. The summed E-state index contributed by atoms with van der Waals surface area (Å²) in [5.74, 6) is 0.509. The summed E-state index contributed by atoms with van der Waals surface area (Å²) in [5.41, 5.74) is 5.95. The van der Waals surface area contributed by atoms with E-state index < -0.39 is 5.60 Å². The van der Waals surface area contributed by atoms with Crippen LogP contribution in [0.2, 0.25) is 0 Å². The third-order valence-corrected chi connectivity index (χ3v) is 3.77.